The molecule has 0 aromatic carbocycles. The van der Waals surface area contributed by atoms with Crippen molar-refractivity contribution in [3.05, 3.63) is 42.4 Å². The Bertz CT molecular complexity index is 1060. The molecule has 1 fully saturated rings. The quantitative estimate of drug-likeness (QED) is 0.448. The maximum absolute atomic E-state index is 14.0. The number of aliphatic hydroxyl groups is 1. The van der Waals surface area contributed by atoms with Gasteiger partial charge in [-0.2, -0.15) is 0 Å². The highest BCUT2D eigenvalue weighted by Crippen LogP contribution is 2.28. The number of pyridine rings is 1. The van der Waals surface area contributed by atoms with Crippen LogP contribution in [0.25, 0.3) is 5.65 Å². The van der Waals surface area contributed by atoms with Crippen molar-refractivity contribution < 1.29 is 14.3 Å². The van der Waals surface area contributed by atoms with Crippen LogP contribution in [0.3, 0.4) is 0 Å². The van der Waals surface area contributed by atoms with Crippen LogP contribution in [0.2, 0.25) is 0 Å². The van der Waals surface area contributed by atoms with E-state index in [9.17, 15) is 14.3 Å². The second-order valence-electron chi connectivity index (χ2n) is 7.94. The maximum Gasteiger partial charge on any atom is 0.255 e. The number of hydrogen-bond donors (Lipinski definition) is 4. The van der Waals surface area contributed by atoms with Crippen molar-refractivity contribution >= 4 is 28.9 Å². The van der Waals surface area contributed by atoms with E-state index in [0.29, 0.717) is 28.9 Å². The van der Waals surface area contributed by atoms with E-state index >= 15 is 0 Å². The number of anilines is 3. The molecule has 1 aliphatic carbocycles. The molecule has 1 amide bonds. The predicted octanol–water partition coefficient (Wildman–Crippen LogP) is 2.28. The van der Waals surface area contributed by atoms with E-state index < -0.39 is 17.7 Å². The maximum atomic E-state index is 14.0. The minimum absolute atomic E-state index is 0.292. The fraction of sp³-hybridized carbons (Fsp3) is 0.400. The molecule has 4 N–H and O–H groups in total. The van der Waals surface area contributed by atoms with Gasteiger partial charge in [0.25, 0.3) is 5.91 Å². The third-order valence-electron chi connectivity index (χ3n) is 4.81. The third-order valence-corrected chi connectivity index (χ3v) is 4.81. The standard InChI is InChI=1S/C20H24FN7O2/c1-20(2,30)15(21)11-24-19(29)13-10-23-17(9-14(13)25-12-3-4-12)26-16-5-6-18-22-7-8-28(18)27-16/h5-10,12,15,30H,3-4,11H2,1-2H3,(H,24,29)(H2,23,25,26,27). The number of carbonyl (C=O) groups excluding carboxylic acids is 1. The highest BCUT2D eigenvalue weighted by molar-refractivity contribution is 6.00. The fourth-order valence-corrected chi connectivity index (χ4v) is 2.81. The number of nitrogens with one attached hydrogen (secondary N) is 3. The van der Waals surface area contributed by atoms with Crippen LogP contribution in [0.5, 0.6) is 0 Å². The van der Waals surface area contributed by atoms with E-state index in [1.807, 2.05) is 6.07 Å². The number of hydrogen-bond acceptors (Lipinski definition) is 7. The van der Waals surface area contributed by atoms with E-state index in [1.54, 1.807) is 29.0 Å². The lowest BCUT2D eigenvalue weighted by Crippen LogP contribution is -2.42. The van der Waals surface area contributed by atoms with Crippen LogP contribution in [0.4, 0.5) is 21.7 Å². The van der Waals surface area contributed by atoms with Crippen LogP contribution in [-0.4, -0.2) is 55.0 Å². The van der Waals surface area contributed by atoms with Gasteiger partial charge >= 0.3 is 0 Å². The van der Waals surface area contributed by atoms with Crippen LogP contribution in [0.15, 0.2) is 36.8 Å². The van der Waals surface area contributed by atoms with Crippen molar-refractivity contribution in [3.8, 4) is 0 Å². The highest BCUT2D eigenvalue weighted by atomic mass is 19.1. The Hall–Kier alpha value is -3.27. The summed E-state index contributed by atoms with van der Waals surface area (Å²) in [5.74, 6) is 0.636. The lowest BCUT2D eigenvalue weighted by atomic mass is 10.0. The van der Waals surface area contributed by atoms with Crippen LogP contribution in [0.1, 0.15) is 37.0 Å². The first-order chi connectivity index (χ1) is 14.3. The smallest absolute Gasteiger partial charge is 0.255 e. The van der Waals surface area contributed by atoms with Gasteiger partial charge in [0.05, 0.1) is 23.4 Å². The molecule has 4 rings (SSSR count). The van der Waals surface area contributed by atoms with Gasteiger partial charge in [-0.1, -0.05) is 0 Å². The molecule has 0 spiro atoms. The Kier molecular flexibility index (Phi) is 5.25. The van der Waals surface area contributed by atoms with Crippen molar-refractivity contribution in [1.29, 1.82) is 0 Å². The second kappa shape index (κ2) is 7.86. The minimum atomic E-state index is -1.58. The van der Waals surface area contributed by atoms with E-state index in [4.69, 9.17) is 0 Å². The van der Waals surface area contributed by atoms with Crippen molar-refractivity contribution in [2.75, 3.05) is 17.2 Å². The first kappa shape index (κ1) is 20.0. The summed E-state index contributed by atoms with van der Waals surface area (Å²) in [5, 5.41) is 23.1. The number of nitrogens with zero attached hydrogens (tertiary/aromatic N) is 4. The molecule has 0 bridgehead atoms. The van der Waals surface area contributed by atoms with E-state index in [1.165, 1.54) is 20.0 Å². The summed E-state index contributed by atoms with van der Waals surface area (Å²) < 4.78 is 15.6. The molecule has 10 heteroatoms. The van der Waals surface area contributed by atoms with Gasteiger partial charge in [-0.15, -0.1) is 5.10 Å². The first-order valence-corrected chi connectivity index (χ1v) is 9.78. The molecule has 9 nitrogen and oxygen atoms in total. The summed E-state index contributed by atoms with van der Waals surface area (Å²) in [7, 11) is 0. The number of alkyl halides is 1. The van der Waals surface area contributed by atoms with Gasteiger partial charge in [-0.05, 0) is 38.8 Å². The zero-order chi connectivity index (χ0) is 21.3. The Balaban J connectivity index is 1.51. The zero-order valence-electron chi connectivity index (χ0n) is 16.8. The van der Waals surface area contributed by atoms with Crippen molar-refractivity contribution in [2.45, 2.75) is 44.5 Å². The number of fused-ring (bicyclic) bond motifs is 1. The molecule has 1 atom stereocenters. The molecule has 3 aromatic heterocycles. The Morgan fingerprint density at radius 3 is 2.87 bits per heavy atom. The average molecular weight is 413 g/mol. The number of rotatable bonds is 8. The summed E-state index contributed by atoms with van der Waals surface area (Å²) in [6.45, 7) is 2.43. The van der Waals surface area contributed by atoms with Gasteiger partial charge in [0.2, 0.25) is 0 Å². The van der Waals surface area contributed by atoms with Gasteiger partial charge < -0.3 is 21.1 Å². The molecule has 3 aromatic rings. The Labute approximate surface area is 172 Å². The van der Waals surface area contributed by atoms with Gasteiger partial charge in [0, 0.05) is 30.7 Å². The topological polar surface area (TPSA) is 116 Å². The molecule has 1 unspecified atom stereocenters. The summed E-state index contributed by atoms with van der Waals surface area (Å²) in [4.78, 5) is 21.1. The molecule has 0 radical (unpaired) electrons. The normalized spacial score (nSPS) is 15.1. The second-order valence-corrected chi connectivity index (χ2v) is 7.94. The summed E-state index contributed by atoms with van der Waals surface area (Å²) >= 11 is 0. The molecular formula is C20H24FN7O2. The number of imidazole rings is 1. The van der Waals surface area contributed by atoms with Crippen molar-refractivity contribution in [1.82, 2.24) is 24.9 Å². The molecule has 1 saturated carbocycles. The third kappa shape index (κ3) is 4.65. The van der Waals surface area contributed by atoms with Crippen LogP contribution >= 0.6 is 0 Å². The SMILES string of the molecule is CC(C)(O)C(F)CNC(=O)c1cnc(Nc2ccc3nccn3n2)cc1NC1CC1. The van der Waals surface area contributed by atoms with Gasteiger partial charge in [-0.3, -0.25) is 4.79 Å². The molecule has 0 saturated heterocycles. The van der Waals surface area contributed by atoms with Crippen LogP contribution < -0.4 is 16.0 Å². The zero-order valence-corrected chi connectivity index (χ0v) is 16.8. The lowest BCUT2D eigenvalue weighted by molar-refractivity contribution is -0.00177. The highest BCUT2D eigenvalue weighted by Gasteiger charge is 2.28. The van der Waals surface area contributed by atoms with E-state index in [-0.39, 0.29) is 6.54 Å². The van der Waals surface area contributed by atoms with Crippen LogP contribution in [0, 0.1) is 0 Å². The average Bonchev–Trinajstić information content (AvgIpc) is 3.38. The largest absolute Gasteiger partial charge is 0.387 e. The van der Waals surface area contributed by atoms with Gasteiger partial charge in [0.15, 0.2) is 11.5 Å². The van der Waals surface area contributed by atoms with Crippen molar-refractivity contribution in [2.24, 2.45) is 0 Å². The molecular weight excluding hydrogens is 389 g/mol. The lowest BCUT2D eigenvalue weighted by Gasteiger charge is -2.22. The number of aromatic nitrogens is 4. The molecule has 3 heterocycles. The summed E-state index contributed by atoms with van der Waals surface area (Å²) in [6.07, 6.45) is 5.31. The number of halogens is 1. The number of carbonyl (C=O) groups is 1. The Morgan fingerprint density at radius 2 is 2.13 bits per heavy atom. The molecule has 1 aliphatic rings. The van der Waals surface area contributed by atoms with E-state index in [0.717, 1.165) is 18.5 Å². The number of amides is 1. The van der Waals surface area contributed by atoms with Gasteiger partial charge in [0.1, 0.15) is 12.0 Å². The first-order valence-electron chi connectivity index (χ1n) is 9.78. The molecule has 0 aliphatic heterocycles. The molecule has 30 heavy (non-hydrogen) atoms. The Morgan fingerprint density at radius 1 is 1.33 bits per heavy atom. The monoisotopic (exact) mass is 413 g/mol. The minimum Gasteiger partial charge on any atom is -0.387 e. The van der Waals surface area contributed by atoms with Gasteiger partial charge in [-0.25, -0.2) is 18.9 Å². The summed E-state index contributed by atoms with van der Waals surface area (Å²) in [6, 6.07) is 5.65. The fourth-order valence-electron chi connectivity index (χ4n) is 2.81. The van der Waals surface area contributed by atoms with E-state index in [2.05, 4.69) is 31.0 Å². The predicted molar refractivity (Wildman–Crippen MR) is 111 cm³/mol. The van der Waals surface area contributed by atoms with Crippen molar-refractivity contribution in [3.63, 3.8) is 0 Å². The van der Waals surface area contributed by atoms with Crippen LogP contribution in [-0.2, 0) is 0 Å². The summed E-state index contributed by atoms with van der Waals surface area (Å²) in [5.41, 5.74) is 0.120. The molecule has 158 valence electrons.